The van der Waals surface area contributed by atoms with Crippen LogP contribution >= 0.6 is 0 Å². The van der Waals surface area contributed by atoms with Crippen molar-refractivity contribution in [1.82, 2.24) is 0 Å². The van der Waals surface area contributed by atoms with Crippen LogP contribution in [0.4, 0.5) is 13.2 Å². The van der Waals surface area contributed by atoms with E-state index in [9.17, 15) is 26.4 Å². The molecule has 8 heteroatoms. The number of Topliss-reactive ketones (excluding diaryl/α,β-unsaturated/α-hetero) is 1. The van der Waals surface area contributed by atoms with Crippen LogP contribution in [0.2, 0.25) is 0 Å². The number of ketones is 1. The third-order valence-electron chi connectivity index (χ3n) is 3.01. The van der Waals surface area contributed by atoms with E-state index in [1.165, 1.54) is 18.2 Å². The molecule has 21 heavy (non-hydrogen) atoms. The molecule has 0 fully saturated rings. The van der Waals surface area contributed by atoms with Crippen LogP contribution in [0.5, 0.6) is 5.75 Å². The quantitative estimate of drug-likeness (QED) is 0.370. The van der Waals surface area contributed by atoms with Crippen molar-refractivity contribution in [3.8, 4) is 5.75 Å². The van der Waals surface area contributed by atoms with Gasteiger partial charge in [0.15, 0.2) is 11.5 Å². The SMILES string of the molecule is O=C(c1ccccc1OS(=O)(=O)C(F)(F)F)C1CC=CC1. The highest BCUT2D eigenvalue weighted by Crippen LogP contribution is 2.31. The molecule has 0 N–H and O–H groups in total. The number of carbonyl (C=O) groups excluding carboxylic acids is 1. The van der Waals surface area contributed by atoms with Crippen LogP contribution in [0.25, 0.3) is 0 Å². The summed E-state index contributed by atoms with van der Waals surface area (Å²) in [7, 11) is -5.80. The van der Waals surface area contributed by atoms with Gasteiger partial charge >= 0.3 is 15.6 Å². The normalized spacial score (nSPS) is 16.1. The topological polar surface area (TPSA) is 60.4 Å². The van der Waals surface area contributed by atoms with Gasteiger partial charge in [-0.15, -0.1) is 0 Å². The highest BCUT2D eigenvalue weighted by Gasteiger charge is 2.49. The van der Waals surface area contributed by atoms with Crippen LogP contribution in [0.3, 0.4) is 0 Å². The molecule has 0 bridgehead atoms. The summed E-state index contributed by atoms with van der Waals surface area (Å²) in [6.45, 7) is 0. The third-order valence-corrected chi connectivity index (χ3v) is 3.98. The van der Waals surface area contributed by atoms with Crippen molar-refractivity contribution in [3.63, 3.8) is 0 Å². The summed E-state index contributed by atoms with van der Waals surface area (Å²) in [6, 6.07) is 5.01. The van der Waals surface area contributed by atoms with E-state index in [1.807, 2.05) is 0 Å². The summed E-state index contributed by atoms with van der Waals surface area (Å²) in [6.07, 6.45) is 4.52. The number of halogens is 3. The van der Waals surface area contributed by atoms with Gasteiger partial charge in [-0.1, -0.05) is 24.3 Å². The van der Waals surface area contributed by atoms with Crippen molar-refractivity contribution in [2.24, 2.45) is 5.92 Å². The first-order valence-electron chi connectivity index (χ1n) is 6.01. The molecule has 4 nitrogen and oxygen atoms in total. The lowest BCUT2D eigenvalue weighted by atomic mass is 9.95. The lowest BCUT2D eigenvalue weighted by molar-refractivity contribution is -0.0500. The molecule has 2 rings (SSSR count). The minimum absolute atomic E-state index is 0.168. The molecule has 0 unspecified atom stereocenters. The molecule has 1 aromatic rings. The van der Waals surface area contributed by atoms with Gasteiger partial charge in [0.2, 0.25) is 0 Å². The van der Waals surface area contributed by atoms with Gasteiger partial charge in [-0.05, 0) is 25.0 Å². The van der Waals surface area contributed by atoms with E-state index >= 15 is 0 Å². The van der Waals surface area contributed by atoms with E-state index in [-0.39, 0.29) is 5.56 Å². The lowest BCUT2D eigenvalue weighted by Crippen LogP contribution is -2.28. The molecular weight excluding hydrogens is 309 g/mol. The molecule has 0 spiro atoms. The zero-order valence-corrected chi connectivity index (χ0v) is 11.4. The molecule has 0 amide bonds. The summed E-state index contributed by atoms with van der Waals surface area (Å²) in [5.41, 5.74) is -5.71. The highest BCUT2D eigenvalue weighted by atomic mass is 32.2. The van der Waals surface area contributed by atoms with Crippen LogP contribution in [0.15, 0.2) is 36.4 Å². The second-order valence-electron chi connectivity index (χ2n) is 4.48. The summed E-state index contributed by atoms with van der Waals surface area (Å²) >= 11 is 0. The minimum atomic E-state index is -5.80. The maximum Gasteiger partial charge on any atom is 0.534 e. The van der Waals surface area contributed by atoms with Gasteiger partial charge in [0.1, 0.15) is 0 Å². The van der Waals surface area contributed by atoms with Gasteiger partial charge in [-0.3, -0.25) is 4.79 Å². The van der Waals surface area contributed by atoms with Crippen molar-refractivity contribution in [2.45, 2.75) is 18.3 Å². The number of hydrogen-bond acceptors (Lipinski definition) is 4. The Kier molecular flexibility index (Phi) is 4.08. The fourth-order valence-electron chi connectivity index (χ4n) is 1.96. The highest BCUT2D eigenvalue weighted by molar-refractivity contribution is 7.88. The summed E-state index contributed by atoms with van der Waals surface area (Å²) in [5.74, 6) is -1.44. The summed E-state index contributed by atoms with van der Waals surface area (Å²) < 4.78 is 63.2. The lowest BCUT2D eigenvalue weighted by Gasteiger charge is -2.14. The van der Waals surface area contributed by atoms with Crippen LogP contribution in [0.1, 0.15) is 23.2 Å². The first-order valence-corrected chi connectivity index (χ1v) is 7.42. The van der Waals surface area contributed by atoms with Crippen LogP contribution in [0, 0.1) is 5.92 Å². The second kappa shape index (κ2) is 5.51. The Hall–Kier alpha value is -1.83. The van der Waals surface area contributed by atoms with Gasteiger partial charge in [0.05, 0.1) is 5.56 Å². The molecule has 0 aliphatic heterocycles. The van der Waals surface area contributed by atoms with E-state index in [0.29, 0.717) is 12.8 Å². The first-order chi connectivity index (χ1) is 9.72. The van der Waals surface area contributed by atoms with E-state index in [1.54, 1.807) is 12.2 Å². The molecule has 114 valence electrons. The van der Waals surface area contributed by atoms with E-state index in [2.05, 4.69) is 4.18 Å². The smallest absolute Gasteiger partial charge is 0.375 e. The predicted molar refractivity (Wildman–Crippen MR) is 68.2 cm³/mol. The molecule has 1 aliphatic carbocycles. The average molecular weight is 320 g/mol. The number of carbonyl (C=O) groups is 1. The van der Waals surface area contributed by atoms with Crippen molar-refractivity contribution in [1.29, 1.82) is 0 Å². The third kappa shape index (κ3) is 3.26. The van der Waals surface area contributed by atoms with Crippen LogP contribution in [-0.2, 0) is 10.1 Å². The molecule has 0 aromatic heterocycles. The van der Waals surface area contributed by atoms with Crippen LogP contribution < -0.4 is 4.18 Å². The van der Waals surface area contributed by atoms with Crippen LogP contribution in [-0.4, -0.2) is 19.7 Å². The van der Waals surface area contributed by atoms with Crippen molar-refractivity contribution in [2.75, 3.05) is 0 Å². The predicted octanol–water partition coefficient (Wildman–Crippen LogP) is 3.06. The number of alkyl halides is 3. The molecule has 0 saturated carbocycles. The van der Waals surface area contributed by atoms with Gasteiger partial charge in [0, 0.05) is 5.92 Å². The number of rotatable bonds is 4. The Morgan fingerprint density at radius 2 is 1.71 bits per heavy atom. The van der Waals surface area contributed by atoms with Gasteiger partial charge in [0.25, 0.3) is 0 Å². The molecule has 1 aromatic carbocycles. The Morgan fingerprint density at radius 3 is 2.29 bits per heavy atom. The van der Waals surface area contributed by atoms with Crippen molar-refractivity contribution >= 4 is 15.9 Å². The van der Waals surface area contributed by atoms with Crippen molar-refractivity contribution < 1.29 is 30.6 Å². The molecule has 1 aliphatic rings. The minimum Gasteiger partial charge on any atom is -0.375 e. The first kappa shape index (κ1) is 15.6. The number of allylic oxidation sites excluding steroid dienone is 2. The molecule has 0 heterocycles. The Morgan fingerprint density at radius 1 is 1.14 bits per heavy atom. The molecule has 0 atom stereocenters. The molecule has 0 saturated heterocycles. The largest absolute Gasteiger partial charge is 0.534 e. The summed E-state index contributed by atoms with van der Waals surface area (Å²) in [5, 5.41) is 0. The Labute approximate surface area is 119 Å². The Balaban J connectivity index is 2.32. The van der Waals surface area contributed by atoms with E-state index in [0.717, 1.165) is 6.07 Å². The van der Waals surface area contributed by atoms with Gasteiger partial charge < -0.3 is 4.18 Å². The number of para-hydroxylation sites is 1. The second-order valence-corrected chi connectivity index (χ2v) is 6.02. The fourth-order valence-corrected chi connectivity index (χ4v) is 2.44. The van der Waals surface area contributed by atoms with Crippen molar-refractivity contribution in [3.05, 3.63) is 42.0 Å². The maximum atomic E-state index is 12.3. The average Bonchev–Trinajstić information content (AvgIpc) is 2.90. The zero-order chi connectivity index (χ0) is 15.7. The Bertz CT molecular complexity index is 669. The molecule has 0 radical (unpaired) electrons. The van der Waals surface area contributed by atoms with Gasteiger partial charge in [-0.25, -0.2) is 0 Å². The molecular formula is C13H11F3O4S. The fraction of sp³-hybridized carbons (Fsp3) is 0.308. The number of benzene rings is 1. The number of hydrogen-bond donors (Lipinski definition) is 0. The zero-order valence-electron chi connectivity index (χ0n) is 10.6. The van der Waals surface area contributed by atoms with E-state index < -0.39 is 33.1 Å². The monoisotopic (exact) mass is 320 g/mol. The summed E-state index contributed by atoms with van der Waals surface area (Å²) in [4.78, 5) is 12.2. The standard InChI is InChI=1S/C13H11F3O4S/c14-13(15,16)21(18,19)20-11-8-4-3-7-10(11)12(17)9-5-1-2-6-9/h1-4,7-9H,5-6H2. The maximum absolute atomic E-state index is 12.3. The van der Waals surface area contributed by atoms with E-state index in [4.69, 9.17) is 0 Å². The van der Waals surface area contributed by atoms with Gasteiger partial charge in [-0.2, -0.15) is 21.6 Å².